The lowest BCUT2D eigenvalue weighted by atomic mass is 10.2. The number of hydrogen-bond acceptors (Lipinski definition) is 5. The highest BCUT2D eigenvalue weighted by atomic mass is 32.1. The number of hydrogen-bond donors (Lipinski definition) is 4. The summed E-state index contributed by atoms with van der Waals surface area (Å²) in [6, 6.07) is 9.46. The summed E-state index contributed by atoms with van der Waals surface area (Å²) in [7, 11) is 0. The van der Waals surface area contributed by atoms with Gasteiger partial charge in [-0.05, 0) is 55.0 Å². The molecule has 0 saturated heterocycles. The van der Waals surface area contributed by atoms with E-state index >= 15 is 0 Å². The third kappa shape index (κ3) is 6.55. The van der Waals surface area contributed by atoms with Crippen molar-refractivity contribution >= 4 is 40.7 Å². The molecular formula is C18H20N4O4S. The van der Waals surface area contributed by atoms with Crippen LogP contribution >= 0.6 is 12.2 Å². The number of amides is 3. The standard InChI is InChI=1S/C18H20N4O4S/c1-2-3-6-15(23)19-13-9-7-12(8-10-13)16(24)21-22-18(27)20-17(25)14-5-4-11-26-14/h4-5,7-11H,2-3,6H2,1H3,(H,19,23)(H,21,24)(H2,20,22,25,27). The van der Waals surface area contributed by atoms with E-state index in [-0.39, 0.29) is 16.8 Å². The first-order chi connectivity index (χ1) is 13.0. The highest BCUT2D eigenvalue weighted by Gasteiger charge is 2.11. The Morgan fingerprint density at radius 3 is 2.41 bits per heavy atom. The quantitative estimate of drug-likeness (QED) is 0.446. The van der Waals surface area contributed by atoms with Crippen LogP contribution < -0.4 is 21.5 Å². The minimum Gasteiger partial charge on any atom is -0.459 e. The third-order valence-electron chi connectivity index (χ3n) is 3.45. The molecule has 2 aromatic rings. The monoisotopic (exact) mass is 388 g/mol. The van der Waals surface area contributed by atoms with Crippen LogP contribution in [0.25, 0.3) is 0 Å². The summed E-state index contributed by atoms with van der Waals surface area (Å²) >= 11 is 4.93. The molecule has 0 aliphatic rings. The first-order valence-corrected chi connectivity index (χ1v) is 8.75. The maximum Gasteiger partial charge on any atom is 0.293 e. The van der Waals surface area contributed by atoms with Gasteiger partial charge in [0.05, 0.1) is 6.26 Å². The van der Waals surface area contributed by atoms with E-state index in [4.69, 9.17) is 16.6 Å². The van der Waals surface area contributed by atoms with Crippen LogP contribution in [0.5, 0.6) is 0 Å². The number of anilines is 1. The van der Waals surface area contributed by atoms with Crippen LogP contribution in [0.3, 0.4) is 0 Å². The second-order valence-corrected chi connectivity index (χ2v) is 5.98. The van der Waals surface area contributed by atoms with Gasteiger partial charge in [0.15, 0.2) is 10.9 Å². The van der Waals surface area contributed by atoms with Crippen molar-refractivity contribution in [2.45, 2.75) is 26.2 Å². The molecule has 0 spiro atoms. The van der Waals surface area contributed by atoms with Crippen LogP contribution in [0.2, 0.25) is 0 Å². The fourth-order valence-electron chi connectivity index (χ4n) is 2.06. The second-order valence-electron chi connectivity index (χ2n) is 5.57. The number of unbranched alkanes of at least 4 members (excludes halogenated alkanes) is 1. The van der Waals surface area contributed by atoms with Gasteiger partial charge in [-0.3, -0.25) is 30.6 Å². The molecule has 0 atom stereocenters. The van der Waals surface area contributed by atoms with Crippen LogP contribution in [0.15, 0.2) is 47.1 Å². The van der Waals surface area contributed by atoms with E-state index in [9.17, 15) is 14.4 Å². The largest absolute Gasteiger partial charge is 0.459 e. The molecule has 0 aliphatic carbocycles. The summed E-state index contributed by atoms with van der Waals surface area (Å²) in [5.41, 5.74) is 5.78. The molecule has 0 aliphatic heterocycles. The van der Waals surface area contributed by atoms with Crippen molar-refractivity contribution in [3.05, 3.63) is 54.0 Å². The van der Waals surface area contributed by atoms with Crippen LogP contribution in [0.1, 0.15) is 47.1 Å². The van der Waals surface area contributed by atoms with Crippen molar-refractivity contribution in [2.24, 2.45) is 0 Å². The highest BCUT2D eigenvalue weighted by molar-refractivity contribution is 7.80. The molecule has 1 aromatic carbocycles. The zero-order valence-corrected chi connectivity index (χ0v) is 15.5. The molecule has 2 rings (SSSR count). The number of hydrazine groups is 1. The lowest BCUT2D eigenvalue weighted by Crippen LogP contribution is -2.48. The van der Waals surface area contributed by atoms with Gasteiger partial charge in [0.2, 0.25) is 5.91 Å². The summed E-state index contributed by atoms with van der Waals surface area (Å²) in [6.45, 7) is 2.02. The Morgan fingerprint density at radius 1 is 1.04 bits per heavy atom. The molecule has 4 N–H and O–H groups in total. The molecule has 9 heteroatoms. The van der Waals surface area contributed by atoms with E-state index in [1.165, 1.54) is 12.3 Å². The first kappa shape index (κ1) is 20.1. The van der Waals surface area contributed by atoms with Crippen molar-refractivity contribution in [3.8, 4) is 0 Å². The highest BCUT2D eigenvalue weighted by Crippen LogP contribution is 2.10. The van der Waals surface area contributed by atoms with E-state index in [1.54, 1.807) is 30.3 Å². The maximum atomic E-state index is 12.1. The number of thiocarbonyl (C=S) groups is 1. The number of carbonyl (C=O) groups is 3. The molecule has 8 nitrogen and oxygen atoms in total. The first-order valence-electron chi connectivity index (χ1n) is 8.34. The zero-order chi connectivity index (χ0) is 19.6. The zero-order valence-electron chi connectivity index (χ0n) is 14.7. The molecule has 1 heterocycles. The molecule has 3 amide bonds. The van der Waals surface area contributed by atoms with Gasteiger partial charge >= 0.3 is 0 Å². The van der Waals surface area contributed by atoms with Gasteiger partial charge in [-0.15, -0.1) is 0 Å². The summed E-state index contributed by atoms with van der Waals surface area (Å²) in [5.74, 6) is -0.946. The summed E-state index contributed by atoms with van der Waals surface area (Å²) < 4.78 is 4.93. The maximum absolute atomic E-state index is 12.1. The Hall–Kier alpha value is -3.20. The summed E-state index contributed by atoms with van der Waals surface area (Å²) in [5, 5.41) is 5.05. The Labute approximate surface area is 161 Å². The van der Waals surface area contributed by atoms with Gasteiger partial charge in [-0.1, -0.05) is 13.3 Å². The topological polar surface area (TPSA) is 112 Å². The fourth-order valence-corrected chi connectivity index (χ4v) is 2.20. The summed E-state index contributed by atoms with van der Waals surface area (Å²) in [6.07, 6.45) is 3.60. The Bertz CT molecular complexity index is 803. The average molecular weight is 388 g/mol. The van der Waals surface area contributed by atoms with Crippen molar-refractivity contribution in [1.29, 1.82) is 0 Å². The molecule has 0 unspecified atom stereocenters. The van der Waals surface area contributed by atoms with Gasteiger partial charge < -0.3 is 9.73 Å². The Balaban J connectivity index is 1.79. The number of rotatable bonds is 6. The van der Waals surface area contributed by atoms with Crippen LogP contribution in [0.4, 0.5) is 5.69 Å². The molecule has 1 aromatic heterocycles. The van der Waals surface area contributed by atoms with Gasteiger partial charge in [0.1, 0.15) is 0 Å². The SMILES string of the molecule is CCCCC(=O)Nc1ccc(C(=O)NNC(=S)NC(=O)c2ccco2)cc1. The Kier molecular flexibility index (Phi) is 7.50. The van der Waals surface area contributed by atoms with E-state index < -0.39 is 11.8 Å². The molecule has 0 radical (unpaired) electrons. The lowest BCUT2D eigenvalue weighted by molar-refractivity contribution is -0.116. The van der Waals surface area contributed by atoms with Gasteiger partial charge in [-0.25, -0.2) is 0 Å². The van der Waals surface area contributed by atoms with E-state index in [1.807, 2.05) is 6.92 Å². The number of furan rings is 1. The molecule has 142 valence electrons. The predicted molar refractivity (Wildman–Crippen MR) is 104 cm³/mol. The number of benzene rings is 1. The average Bonchev–Trinajstić information content (AvgIpc) is 3.20. The molecule has 0 fully saturated rings. The normalized spacial score (nSPS) is 9.96. The smallest absolute Gasteiger partial charge is 0.293 e. The van der Waals surface area contributed by atoms with Gasteiger partial charge in [0.25, 0.3) is 11.8 Å². The van der Waals surface area contributed by atoms with Crippen molar-refractivity contribution in [1.82, 2.24) is 16.2 Å². The van der Waals surface area contributed by atoms with Crippen molar-refractivity contribution < 1.29 is 18.8 Å². The van der Waals surface area contributed by atoms with Crippen LogP contribution in [-0.2, 0) is 4.79 Å². The van der Waals surface area contributed by atoms with Gasteiger partial charge in [-0.2, -0.15) is 0 Å². The predicted octanol–water partition coefficient (Wildman–Crippen LogP) is 2.36. The fraction of sp³-hybridized carbons (Fsp3) is 0.222. The Morgan fingerprint density at radius 2 is 1.78 bits per heavy atom. The molecule has 27 heavy (non-hydrogen) atoms. The van der Waals surface area contributed by atoms with Crippen molar-refractivity contribution in [3.63, 3.8) is 0 Å². The van der Waals surface area contributed by atoms with Crippen LogP contribution in [0, 0.1) is 0 Å². The lowest BCUT2D eigenvalue weighted by Gasteiger charge is -2.10. The van der Waals surface area contributed by atoms with E-state index in [2.05, 4.69) is 21.5 Å². The van der Waals surface area contributed by atoms with E-state index in [0.717, 1.165) is 12.8 Å². The minimum atomic E-state index is -0.532. The second kappa shape index (κ2) is 10.1. The van der Waals surface area contributed by atoms with Gasteiger partial charge in [0, 0.05) is 17.7 Å². The van der Waals surface area contributed by atoms with Crippen LogP contribution in [-0.4, -0.2) is 22.8 Å². The van der Waals surface area contributed by atoms with E-state index in [0.29, 0.717) is 17.7 Å². The third-order valence-corrected chi connectivity index (χ3v) is 3.65. The summed E-state index contributed by atoms with van der Waals surface area (Å²) in [4.78, 5) is 35.5. The van der Waals surface area contributed by atoms with Crippen molar-refractivity contribution in [2.75, 3.05) is 5.32 Å². The number of nitrogens with one attached hydrogen (secondary N) is 4. The molecule has 0 bridgehead atoms. The number of carbonyl (C=O) groups excluding carboxylic acids is 3. The minimum absolute atomic E-state index is 0.0617. The molecular weight excluding hydrogens is 368 g/mol. The molecule has 0 saturated carbocycles.